The minimum absolute atomic E-state index is 0.0345. The van der Waals surface area contributed by atoms with Crippen molar-refractivity contribution in [3.8, 4) is 0 Å². The van der Waals surface area contributed by atoms with E-state index in [0.29, 0.717) is 11.4 Å². The molecule has 0 radical (unpaired) electrons. The van der Waals surface area contributed by atoms with Crippen molar-refractivity contribution in [2.45, 2.75) is 38.8 Å². The fraction of sp³-hybridized carbons (Fsp3) is 0.417. The smallest absolute Gasteiger partial charge is 0.258 e. The van der Waals surface area contributed by atoms with E-state index in [-0.39, 0.29) is 48.2 Å². The molecule has 10 heteroatoms. The molecular formula is C24H25Cl2FN4O3. The number of likely N-dealkylation sites (tertiary alicyclic amines) is 1. The average molecular weight is 507 g/mol. The maximum absolute atomic E-state index is 14.7. The lowest BCUT2D eigenvalue weighted by Crippen LogP contribution is -2.81. The molecule has 1 aromatic carbocycles. The molecule has 2 saturated heterocycles. The quantitative estimate of drug-likeness (QED) is 0.611. The normalized spacial score (nSPS) is 18.5. The number of pyridine rings is 1. The second-order valence-corrected chi connectivity index (χ2v) is 10.1. The Morgan fingerprint density at radius 2 is 1.76 bits per heavy atom. The van der Waals surface area contributed by atoms with Crippen LogP contribution in [0.2, 0.25) is 10.0 Å². The van der Waals surface area contributed by atoms with E-state index >= 15 is 0 Å². The van der Waals surface area contributed by atoms with Crippen LogP contribution in [0.3, 0.4) is 0 Å². The SMILES string of the molecule is CC(C)CC(=O)N1CC2(C1)C(=O)N(c1ncc(Cl)cc1F)CC(=O)N2[C@@H](C)c1ccc(Cl)cc1. The van der Waals surface area contributed by atoms with Crippen molar-refractivity contribution in [3.63, 3.8) is 0 Å². The summed E-state index contributed by atoms with van der Waals surface area (Å²) in [6, 6.07) is 7.61. The van der Waals surface area contributed by atoms with Crippen LogP contribution in [0.4, 0.5) is 10.2 Å². The van der Waals surface area contributed by atoms with Gasteiger partial charge in [-0.15, -0.1) is 0 Å². The van der Waals surface area contributed by atoms with Gasteiger partial charge in [0, 0.05) is 17.6 Å². The molecule has 2 aliphatic heterocycles. The van der Waals surface area contributed by atoms with Crippen molar-refractivity contribution in [2.24, 2.45) is 5.92 Å². The minimum Gasteiger partial charge on any atom is -0.337 e. The number of piperazine rings is 1. The molecule has 0 aliphatic carbocycles. The summed E-state index contributed by atoms with van der Waals surface area (Å²) in [5.41, 5.74) is -0.532. The number of nitrogens with zero attached hydrogens (tertiary/aromatic N) is 4. The first-order valence-electron chi connectivity index (χ1n) is 11.0. The number of carbonyl (C=O) groups is 3. The molecule has 2 aromatic rings. The van der Waals surface area contributed by atoms with Crippen LogP contribution in [0, 0.1) is 11.7 Å². The van der Waals surface area contributed by atoms with E-state index in [2.05, 4.69) is 4.98 Å². The van der Waals surface area contributed by atoms with Gasteiger partial charge in [-0.1, -0.05) is 49.2 Å². The standard InChI is InChI=1S/C24H25Cl2FN4O3/c1-14(2)8-20(32)29-12-24(13-29)23(34)30(22-19(27)9-18(26)10-28-22)11-21(33)31(24)15(3)16-4-6-17(25)7-5-16/h4-7,9-10,14-15H,8,11-13H2,1-3H3/t15-/m0/s1. The minimum atomic E-state index is -1.32. The Labute approximate surface area is 207 Å². The highest BCUT2D eigenvalue weighted by atomic mass is 35.5. The number of benzene rings is 1. The highest BCUT2D eigenvalue weighted by molar-refractivity contribution is 6.30. The molecular weight excluding hydrogens is 482 g/mol. The molecule has 0 saturated carbocycles. The third-order valence-corrected chi connectivity index (χ3v) is 6.75. The van der Waals surface area contributed by atoms with E-state index in [1.54, 1.807) is 29.2 Å². The fourth-order valence-electron chi connectivity index (χ4n) is 4.66. The summed E-state index contributed by atoms with van der Waals surface area (Å²) in [6.45, 7) is 5.40. The second-order valence-electron chi connectivity index (χ2n) is 9.22. The molecule has 0 N–H and O–H groups in total. The summed E-state index contributed by atoms with van der Waals surface area (Å²) in [7, 11) is 0. The highest BCUT2D eigenvalue weighted by Gasteiger charge is 2.62. The second kappa shape index (κ2) is 9.15. The van der Waals surface area contributed by atoms with Gasteiger partial charge in [-0.3, -0.25) is 19.3 Å². The Hall–Kier alpha value is -2.71. The van der Waals surface area contributed by atoms with Gasteiger partial charge in [0.2, 0.25) is 11.8 Å². The maximum Gasteiger partial charge on any atom is 0.258 e. The Morgan fingerprint density at radius 1 is 1.12 bits per heavy atom. The number of rotatable bonds is 5. The Kier molecular flexibility index (Phi) is 6.57. The zero-order valence-corrected chi connectivity index (χ0v) is 20.6. The van der Waals surface area contributed by atoms with Crippen LogP contribution in [0.5, 0.6) is 0 Å². The van der Waals surface area contributed by atoms with Crippen molar-refractivity contribution >= 4 is 46.7 Å². The lowest BCUT2D eigenvalue weighted by Gasteiger charge is -2.59. The molecule has 1 aromatic heterocycles. The van der Waals surface area contributed by atoms with Gasteiger partial charge < -0.3 is 9.80 Å². The summed E-state index contributed by atoms with van der Waals surface area (Å²) >= 11 is 11.8. The van der Waals surface area contributed by atoms with E-state index in [1.807, 2.05) is 20.8 Å². The molecule has 0 bridgehead atoms. The van der Waals surface area contributed by atoms with Gasteiger partial charge in [0.25, 0.3) is 5.91 Å². The number of halogens is 3. The molecule has 4 rings (SSSR count). The molecule has 34 heavy (non-hydrogen) atoms. The third kappa shape index (κ3) is 4.25. The van der Waals surface area contributed by atoms with Crippen molar-refractivity contribution in [3.05, 3.63) is 58.0 Å². The predicted molar refractivity (Wildman–Crippen MR) is 127 cm³/mol. The highest BCUT2D eigenvalue weighted by Crippen LogP contribution is 2.41. The zero-order valence-electron chi connectivity index (χ0n) is 19.1. The topological polar surface area (TPSA) is 73.8 Å². The Balaban J connectivity index is 1.71. The predicted octanol–water partition coefficient (Wildman–Crippen LogP) is 4.09. The molecule has 7 nitrogen and oxygen atoms in total. The van der Waals surface area contributed by atoms with E-state index in [4.69, 9.17) is 23.2 Å². The largest absolute Gasteiger partial charge is 0.337 e. The molecule has 0 unspecified atom stereocenters. The number of hydrogen-bond acceptors (Lipinski definition) is 4. The van der Waals surface area contributed by atoms with E-state index in [0.717, 1.165) is 16.5 Å². The molecule has 2 aliphatic rings. The zero-order chi connectivity index (χ0) is 24.8. The number of aromatic nitrogens is 1. The van der Waals surface area contributed by atoms with Gasteiger partial charge in [-0.25, -0.2) is 9.37 Å². The molecule has 3 amide bonds. The monoisotopic (exact) mass is 506 g/mol. The van der Waals surface area contributed by atoms with E-state index in [1.165, 1.54) is 11.1 Å². The van der Waals surface area contributed by atoms with Crippen LogP contribution in [0.15, 0.2) is 36.5 Å². The molecule has 2 fully saturated rings. The lowest BCUT2D eigenvalue weighted by molar-refractivity contribution is -0.173. The molecule has 3 heterocycles. The molecule has 1 atom stereocenters. The van der Waals surface area contributed by atoms with Crippen molar-refractivity contribution in [1.29, 1.82) is 0 Å². The summed E-state index contributed by atoms with van der Waals surface area (Å²) < 4.78 is 14.7. The van der Waals surface area contributed by atoms with Crippen LogP contribution in [0.25, 0.3) is 0 Å². The summed E-state index contributed by atoms with van der Waals surface area (Å²) in [5.74, 6) is -1.83. The first-order valence-corrected chi connectivity index (χ1v) is 11.8. The first kappa shape index (κ1) is 24.4. The molecule has 180 valence electrons. The number of carbonyl (C=O) groups excluding carboxylic acids is 3. The number of amides is 3. The summed E-state index contributed by atoms with van der Waals surface area (Å²) in [6.07, 6.45) is 1.56. The van der Waals surface area contributed by atoms with Gasteiger partial charge in [-0.05, 0) is 36.6 Å². The van der Waals surface area contributed by atoms with Crippen LogP contribution in [-0.2, 0) is 14.4 Å². The summed E-state index contributed by atoms with van der Waals surface area (Å²) in [5, 5.41) is 0.634. The Morgan fingerprint density at radius 3 is 2.35 bits per heavy atom. The van der Waals surface area contributed by atoms with Crippen molar-refractivity contribution in [1.82, 2.24) is 14.8 Å². The fourth-order valence-corrected chi connectivity index (χ4v) is 4.93. The van der Waals surface area contributed by atoms with Crippen LogP contribution >= 0.6 is 23.2 Å². The van der Waals surface area contributed by atoms with Gasteiger partial charge in [0.1, 0.15) is 6.54 Å². The molecule has 1 spiro atoms. The number of anilines is 1. The van der Waals surface area contributed by atoms with Crippen LogP contribution in [-0.4, -0.2) is 57.7 Å². The number of hydrogen-bond donors (Lipinski definition) is 0. The first-order chi connectivity index (χ1) is 16.0. The Bertz CT molecular complexity index is 1140. The average Bonchev–Trinajstić information content (AvgIpc) is 2.73. The van der Waals surface area contributed by atoms with Crippen molar-refractivity contribution in [2.75, 3.05) is 24.5 Å². The van der Waals surface area contributed by atoms with E-state index < -0.39 is 23.3 Å². The van der Waals surface area contributed by atoms with E-state index in [9.17, 15) is 18.8 Å². The summed E-state index contributed by atoms with van der Waals surface area (Å²) in [4.78, 5) is 48.1. The van der Waals surface area contributed by atoms with Gasteiger partial charge in [0.15, 0.2) is 17.2 Å². The lowest BCUT2D eigenvalue weighted by atomic mass is 9.81. The van der Waals surface area contributed by atoms with Gasteiger partial charge >= 0.3 is 0 Å². The third-order valence-electron chi connectivity index (χ3n) is 6.29. The maximum atomic E-state index is 14.7. The van der Waals surface area contributed by atoms with Gasteiger partial charge in [0.05, 0.1) is 24.2 Å². The van der Waals surface area contributed by atoms with Crippen LogP contribution < -0.4 is 4.90 Å². The van der Waals surface area contributed by atoms with Crippen LogP contribution in [0.1, 0.15) is 38.8 Å². The van der Waals surface area contributed by atoms with Gasteiger partial charge in [-0.2, -0.15) is 0 Å². The van der Waals surface area contributed by atoms with Crippen molar-refractivity contribution < 1.29 is 18.8 Å².